The van der Waals surface area contributed by atoms with Crippen LogP contribution in [0.1, 0.15) is 12.0 Å². The van der Waals surface area contributed by atoms with Crippen LogP contribution in [-0.4, -0.2) is 30.9 Å². The quantitative estimate of drug-likeness (QED) is 0.772. The van der Waals surface area contributed by atoms with Crippen molar-refractivity contribution in [1.29, 1.82) is 0 Å². The van der Waals surface area contributed by atoms with Crippen LogP contribution in [0, 0.1) is 0 Å². The Bertz CT molecular complexity index is 323. The van der Waals surface area contributed by atoms with Crippen LogP contribution in [0.2, 0.25) is 0 Å². The Hall–Kier alpha value is -1.06. The third-order valence-corrected chi connectivity index (χ3v) is 2.95. The van der Waals surface area contributed by atoms with E-state index < -0.39 is 0 Å². The lowest BCUT2D eigenvalue weighted by atomic mass is 9.95. The Morgan fingerprint density at radius 2 is 2.27 bits per heavy atom. The molecule has 1 saturated heterocycles. The van der Waals surface area contributed by atoms with Gasteiger partial charge in [0.25, 0.3) is 0 Å². The van der Waals surface area contributed by atoms with E-state index in [1.54, 1.807) is 7.11 Å². The number of hydrogen-bond acceptors (Lipinski definition) is 3. The number of methoxy groups -OCH3 is 1. The van der Waals surface area contributed by atoms with Crippen molar-refractivity contribution in [3.05, 3.63) is 29.8 Å². The van der Waals surface area contributed by atoms with E-state index in [1.807, 2.05) is 24.3 Å². The number of para-hydroxylation sites is 1. The molecule has 0 spiro atoms. The molecule has 1 aromatic rings. The van der Waals surface area contributed by atoms with Gasteiger partial charge in [0, 0.05) is 12.5 Å². The molecule has 1 fully saturated rings. The van der Waals surface area contributed by atoms with E-state index in [9.17, 15) is 5.11 Å². The summed E-state index contributed by atoms with van der Waals surface area (Å²) in [5.74, 6) is 0.857. The Kier molecular flexibility index (Phi) is 3.23. The normalized spacial score (nSPS) is 21.9. The van der Waals surface area contributed by atoms with Crippen molar-refractivity contribution < 1.29 is 9.84 Å². The molecular formula is C12H17NO2. The first-order valence-electron chi connectivity index (χ1n) is 5.34. The molecule has 1 aliphatic heterocycles. The SMILES string of the molecule is COc1ccccc1CC(O)C1CCN1. The maximum atomic E-state index is 9.92. The number of nitrogens with one attached hydrogen (secondary N) is 1. The van der Waals surface area contributed by atoms with Crippen LogP contribution in [0.3, 0.4) is 0 Å². The summed E-state index contributed by atoms with van der Waals surface area (Å²) in [5, 5.41) is 13.1. The molecule has 0 saturated carbocycles. The Balaban J connectivity index is 2.02. The Labute approximate surface area is 90.1 Å². The van der Waals surface area contributed by atoms with Gasteiger partial charge in [0.1, 0.15) is 5.75 Å². The summed E-state index contributed by atoms with van der Waals surface area (Å²) in [5.41, 5.74) is 1.07. The molecule has 1 aliphatic rings. The zero-order valence-electron chi connectivity index (χ0n) is 8.94. The van der Waals surface area contributed by atoms with Crippen molar-refractivity contribution in [2.24, 2.45) is 0 Å². The second-order valence-corrected chi connectivity index (χ2v) is 3.93. The molecule has 0 aromatic heterocycles. The maximum Gasteiger partial charge on any atom is 0.122 e. The van der Waals surface area contributed by atoms with Gasteiger partial charge >= 0.3 is 0 Å². The van der Waals surface area contributed by atoms with Crippen LogP contribution < -0.4 is 10.1 Å². The molecule has 3 nitrogen and oxygen atoms in total. The maximum absolute atomic E-state index is 9.92. The number of benzene rings is 1. The molecule has 2 atom stereocenters. The zero-order chi connectivity index (χ0) is 10.7. The summed E-state index contributed by atoms with van der Waals surface area (Å²) in [6.07, 6.45) is 1.41. The lowest BCUT2D eigenvalue weighted by Gasteiger charge is -2.32. The first-order valence-corrected chi connectivity index (χ1v) is 5.34. The molecule has 0 amide bonds. The van der Waals surface area contributed by atoms with Gasteiger partial charge in [0.2, 0.25) is 0 Å². The minimum Gasteiger partial charge on any atom is -0.496 e. The highest BCUT2D eigenvalue weighted by Gasteiger charge is 2.25. The standard InChI is InChI=1S/C12H17NO2/c1-15-12-5-3-2-4-9(12)8-11(14)10-6-7-13-10/h2-5,10-11,13-14H,6-8H2,1H3. The topological polar surface area (TPSA) is 41.5 Å². The van der Waals surface area contributed by atoms with Crippen molar-refractivity contribution in [1.82, 2.24) is 5.32 Å². The monoisotopic (exact) mass is 207 g/mol. The second kappa shape index (κ2) is 4.64. The first-order chi connectivity index (χ1) is 7.31. The molecule has 2 rings (SSSR count). The number of rotatable bonds is 4. The average Bonchev–Trinajstić information content (AvgIpc) is 2.15. The van der Waals surface area contributed by atoms with E-state index in [2.05, 4.69) is 5.32 Å². The largest absolute Gasteiger partial charge is 0.496 e. The van der Waals surface area contributed by atoms with Crippen molar-refractivity contribution >= 4 is 0 Å². The van der Waals surface area contributed by atoms with Crippen LogP contribution in [-0.2, 0) is 6.42 Å². The lowest BCUT2D eigenvalue weighted by molar-refractivity contribution is 0.0950. The molecule has 0 aliphatic carbocycles. The number of hydrogen-bond donors (Lipinski definition) is 2. The van der Waals surface area contributed by atoms with Crippen molar-refractivity contribution in [2.45, 2.75) is 25.0 Å². The number of aliphatic hydroxyl groups excluding tert-OH is 1. The van der Waals surface area contributed by atoms with Crippen LogP contribution in [0.25, 0.3) is 0 Å². The van der Waals surface area contributed by atoms with E-state index in [0.717, 1.165) is 24.3 Å². The Morgan fingerprint density at radius 1 is 1.53 bits per heavy atom. The van der Waals surface area contributed by atoms with Gasteiger partial charge in [-0.15, -0.1) is 0 Å². The van der Waals surface area contributed by atoms with Crippen molar-refractivity contribution in [3.8, 4) is 5.75 Å². The first kappa shape index (κ1) is 10.5. The molecule has 2 unspecified atom stereocenters. The summed E-state index contributed by atoms with van der Waals surface area (Å²) >= 11 is 0. The van der Waals surface area contributed by atoms with Gasteiger partial charge in [-0.3, -0.25) is 0 Å². The van der Waals surface area contributed by atoms with Crippen LogP contribution >= 0.6 is 0 Å². The fourth-order valence-electron chi connectivity index (χ4n) is 1.88. The van der Waals surface area contributed by atoms with E-state index in [-0.39, 0.29) is 12.1 Å². The highest BCUT2D eigenvalue weighted by atomic mass is 16.5. The molecule has 1 heterocycles. The highest BCUT2D eigenvalue weighted by molar-refractivity contribution is 5.33. The predicted molar refractivity (Wildman–Crippen MR) is 59.1 cm³/mol. The van der Waals surface area contributed by atoms with Crippen molar-refractivity contribution in [2.75, 3.05) is 13.7 Å². The highest BCUT2D eigenvalue weighted by Crippen LogP contribution is 2.21. The van der Waals surface area contributed by atoms with Gasteiger partial charge in [-0.25, -0.2) is 0 Å². The molecule has 0 bridgehead atoms. The Morgan fingerprint density at radius 3 is 2.87 bits per heavy atom. The summed E-state index contributed by atoms with van der Waals surface area (Å²) in [6.45, 7) is 1.02. The van der Waals surface area contributed by atoms with Gasteiger partial charge in [-0.05, 0) is 24.6 Å². The lowest BCUT2D eigenvalue weighted by Crippen LogP contribution is -2.51. The molecule has 15 heavy (non-hydrogen) atoms. The van der Waals surface area contributed by atoms with Crippen LogP contribution in [0.5, 0.6) is 5.75 Å². The van der Waals surface area contributed by atoms with E-state index in [0.29, 0.717) is 6.42 Å². The fraction of sp³-hybridized carbons (Fsp3) is 0.500. The van der Waals surface area contributed by atoms with Crippen molar-refractivity contribution in [3.63, 3.8) is 0 Å². The summed E-state index contributed by atoms with van der Waals surface area (Å²) in [6, 6.07) is 8.10. The molecule has 3 heteroatoms. The fourth-order valence-corrected chi connectivity index (χ4v) is 1.88. The third-order valence-electron chi connectivity index (χ3n) is 2.95. The van der Waals surface area contributed by atoms with Crippen LogP contribution in [0.4, 0.5) is 0 Å². The van der Waals surface area contributed by atoms with E-state index in [4.69, 9.17) is 4.74 Å². The van der Waals surface area contributed by atoms with Gasteiger partial charge < -0.3 is 15.2 Å². The minimum atomic E-state index is -0.310. The molecular weight excluding hydrogens is 190 g/mol. The molecule has 2 N–H and O–H groups in total. The molecule has 1 aromatic carbocycles. The minimum absolute atomic E-state index is 0.259. The zero-order valence-corrected chi connectivity index (χ0v) is 8.94. The summed E-state index contributed by atoms with van der Waals surface area (Å²) in [7, 11) is 1.66. The summed E-state index contributed by atoms with van der Waals surface area (Å²) in [4.78, 5) is 0. The smallest absolute Gasteiger partial charge is 0.122 e. The van der Waals surface area contributed by atoms with E-state index in [1.165, 1.54) is 0 Å². The molecule has 82 valence electrons. The van der Waals surface area contributed by atoms with Gasteiger partial charge in [0.05, 0.1) is 13.2 Å². The summed E-state index contributed by atoms with van der Waals surface area (Å²) < 4.78 is 5.25. The number of aliphatic hydroxyl groups is 1. The second-order valence-electron chi connectivity index (χ2n) is 3.93. The van der Waals surface area contributed by atoms with E-state index >= 15 is 0 Å². The molecule has 0 radical (unpaired) electrons. The van der Waals surface area contributed by atoms with Gasteiger partial charge in [-0.1, -0.05) is 18.2 Å². The number of ether oxygens (including phenoxy) is 1. The van der Waals surface area contributed by atoms with Crippen LogP contribution in [0.15, 0.2) is 24.3 Å². The third kappa shape index (κ3) is 2.30. The van der Waals surface area contributed by atoms with Gasteiger partial charge in [-0.2, -0.15) is 0 Å². The average molecular weight is 207 g/mol. The predicted octanol–water partition coefficient (Wildman–Crippen LogP) is 0.960. The van der Waals surface area contributed by atoms with Gasteiger partial charge in [0.15, 0.2) is 0 Å².